The smallest absolute Gasteiger partial charge is 0.323 e. The summed E-state index contributed by atoms with van der Waals surface area (Å²) in [6.07, 6.45) is 4.98. The van der Waals surface area contributed by atoms with Crippen molar-refractivity contribution < 1.29 is 14.7 Å². The van der Waals surface area contributed by atoms with Crippen LogP contribution in [0.25, 0.3) is 0 Å². The first-order chi connectivity index (χ1) is 9.18. The normalized spacial score (nSPS) is 21.2. The SMILES string of the molecule is O=C(O)CN(C(=O)N1CCCNCC1)C1CCCC1. The molecule has 0 bridgehead atoms. The number of nitrogens with zero attached hydrogens (tertiary/aromatic N) is 2. The number of hydrogen-bond donors (Lipinski definition) is 2. The first kappa shape index (κ1) is 14.1. The van der Waals surface area contributed by atoms with E-state index in [1.54, 1.807) is 9.80 Å². The van der Waals surface area contributed by atoms with Crippen LogP contribution < -0.4 is 5.32 Å². The van der Waals surface area contributed by atoms with Crippen molar-refractivity contribution in [3.8, 4) is 0 Å². The zero-order valence-corrected chi connectivity index (χ0v) is 11.3. The lowest BCUT2D eigenvalue weighted by Crippen LogP contribution is -2.50. The molecule has 1 aliphatic heterocycles. The van der Waals surface area contributed by atoms with Gasteiger partial charge in [0.1, 0.15) is 6.54 Å². The highest BCUT2D eigenvalue weighted by Gasteiger charge is 2.31. The second-order valence-electron chi connectivity index (χ2n) is 5.33. The third kappa shape index (κ3) is 3.83. The molecule has 0 aromatic rings. The first-order valence-corrected chi connectivity index (χ1v) is 7.16. The highest BCUT2D eigenvalue weighted by molar-refractivity contribution is 5.80. The van der Waals surface area contributed by atoms with Gasteiger partial charge < -0.3 is 20.2 Å². The molecule has 0 unspecified atom stereocenters. The molecule has 0 radical (unpaired) electrons. The molecule has 0 atom stereocenters. The minimum absolute atomic E-state index is 0.0991. The van der Waals surface area contributed by atoms with Crippen LogP contribution in [0.15, 0.2) is 0 Å². The lowest BCUT2D eigenvalue weighted by molar-refractivity contribution is -0.138. The maximum absolute atomic E-state index is 12.5. The molecule has 2 N–H and O–H groups in total. The fraction of sp³-hybridized carbons (Fsp3) is 0.846. The van der Waals surface area contributed by atoms with Gasteiger partial charge in [-0.05, 0) is 25.8 Å². The van der Waals surface area contributed by atoms with E-state index in [1.807, 2.05) is 0 Å². The molecule has 2 aliphatic rings. The Hall–Kier alpha value is -1.30. The summed E-state index contributed by atoms with van der Waals surface area (Å²) in [5.74, 6) is -0.923. The number of nitrogens with one attached hydrogen (secondary N) is 1. The molecule has 1 heterocycles. The molecule has 2 rings (SSSR count). The molecular formula is C13H23N3O3. The summed E-state index contributed by atoms with van der Waals surface area (Å²) in [6, 6.07) is 0.0119. The summed E-state index contributed by atoms with van der Waals surface area (Å²) in [6.45, 7) is 2.92. The molecule has 19 heavy (non-hydrogen) atoms. The van der Waals surface area contributed by atoms with Gasteiger partial charge in [0.15, 0.2) is 0 Å². The fourth-order valence-electron chi connectivity index (χ4n) is 2.93. The fourth-order valence-corrected chi connectivity index (χ4v) is 2.93. The molecule has 6 heteroatoms. The van der Waals surface area contributed by atoms with Crippen LogP contribution in [0, 0.1) is 0 Å². The van der Waals surface area contributed by atoms with E-state index in [2.05, 4.69) is 5.32 Å². The van der Waals surface area contributed by atoms with Crippen LogP contribution in [-0.4, -0.2) is 65.7 Å². The summed E-state index contributed by atoms with van der Waals surface area (Å²) in [4.78, 5) is 26.9. The third-order valence-corrected chi connectivity index (χ3v) is 3.93. The maximum atomic E-state index is 12.5. The molecule has 0 aromatic carbocycles. The molecule has 6 nitrogen and oxygen atoms in total. The average molecular weight is 269 g/mol. The van der Waals surface area contributed by atoms with E-state index >= 15 is 0 Å². The lowest BCUT2D eigenvalue weighted by Gasteiger charge is -2.33. The van der Waals surface area contributed by atoms with E-state index in [-0.39, 0.29) is 18.6 Å². The Morgan fingerprint density at radius 3 is 2.58 bits per heavy atom. The largest absolute Gasteiger partial charge is 0.480 e. The highest BCUT2D eigenvalue weighted by atomic mass is 16.4. The number of carbonyl (C=O) groups excluding carboxylic acids is 1. The van der Waals surface area contributed by atoms with Gasteiger partial charge >= 0.3 is 12.0 Å². The van der Waals surface area contributed by atoms with Gasteiger partial charge in [0.05, 0.1) is 0 Å². The quantitative estimate of drug-likeness (QED) is 0.792. The molecule has 1 saturated heterocycles. The summed E-state index contributed by atoms with van der Waals surface area (Å²) < 4.78 is 0. The Bertz CT molecular complexity index is 321. The summed E-state index contributed by atoms with van der Waals surface area (Å²) in [5.41, 5.74) is 0. The zero-order valence-electron chi connectivity index (χ0n) is 11.3. The molecule has 2 fully saturated rings. The summed E-state index contributed by atoms with van der Waals surface area (Å²) in [7, 11) is 0. The second-order valence-corrected chi connectivity index (χ2v) is 5.33. The highest BCUT2D eigenvalue weighted by Crippen LogP contribution is 2.24. The minimum atomic E-state index is -0.923. The predicted molar refractivity (Wildman–Crippen MR) is 71.1 cm³/mol. The standard InChI is InChI=1S/C13H23N3O3/c17-12(18)10-16(11-4-1-2-5-11)13(19)15-8-3-6-14-7-9-15/h11,14H,1-10H2,(H,17,18). The van der Waals surface area contributed by atoms with Crippen molar-refractivity contribution in [2.75, 3.05) is 32.7 Å². The Morgan fingerprint density at radius 2 is 1.89 bits per heavy atom. The number of urea groups is 1. The van der Waals surface area contributed by atoms with E-state index < -0.39 is 5.97 Å². The van der Waals surface area contributed by atoms with Gasteiger partial charge in [-0.3, -0.25) is 4.79 Å². The van der Waals surface area contributed by atoms with E-state index in [1.165, 1.54) is 0 Å². The molecular weight excluding hydrogens is 246 g/mol. The van der Waals surface area contributed by atoms with Crippen molar-refractivity contribution in [2.24, 2.45) is 0 Å². The molecule has 1 aliphatic carbocycles. The first-order valence-electron chi connectivity index (χ1n) is 7.16. The van der Waals surface area contributed by atoms with Crippen molar-refractivity contribution in [3.63, 3.8) is 0 Å². The third-order valence-electron chi connectivity index (χ3n) is 3.93. The molecule has 0 aromatic heterocycles. The molecule has 2 amide bonds. The lowest BCUT2D eigenvalue weighted by atomic mass is 10.2. The Kier molecular flexibility index (Phi) is 5.01. The van der Waals surface area contributed by atoms with E-state index in [9.17, 15) is 9.59 Å². The topological polar surface area (TPSA) is 72.9 Å². The van der Waals surface area contributed by atoms with Gasteiger partial charge in [0.2, 0.25) is 0 Å². The molecule has 1 saturated carbocycles. The Morgan fingerprint density at radius 1 is 1.16 bits per heavy atom. The van der Waals surface area contributed by atoms with Crippen LogP contribution in [0.2, 0.25) is 0 Å². The van der Waals surface area contributed by atoms with Gasteiger partial charge in [-0.1, -0.05) is 12.8 Å². The number of amides is 2. The molecule has 0 spiro atoms. The number of rotatable bonds is 3. The minimum Gasteiger partial charge on any atom is -0.480 e. The average Bonchev–Trinajstić information content (AvgIpc) is 2.77. The van der Waals surface area contributed by atoms with E-state index in [4.69, 9.17) is 5.11 Å². The van der Waals surface area contributed by atoms with Crippen molar-refractivity contribution in [2.45, 2.75) is 38.1 Å². The second kappa shape index (κ2) is 6.75. The van der Waals surface area contributed by atoms with Gasteiger partial charge in [0, 0.05) is 25.7 Å². The van der Waals surface area contributed by atoms with Gasteiger partial charge in [-0.2, -0.15) is 0 Å². The monoisotopic (exact) mass is 269 g/mol. The Balaban J connectivity index is 2.02. The number of hydrogen-bond acceptors (Lipinski definition) is 3. The van der Waals surface area contributed by atoms with Crippen LogP contribution in [0.3, 0.4) is 0 Å². The van der Waals surface area contributed by atoms with Crippen molar-refractivity contribution in [1.82, 2.24) is 15.1 Å². The number of aliphatic carboxylic acids is 1. The van der Waals surface area contributed by atoms with Gasteiger partial charge in [-0.25, -0.2) is 4.79 Å². The van der Waals surface area contributed by atoms with Crippen molar-refractivity contribution in [3.05, 3.63) is 0 Å². The predicted octanol–water partition coefficient (Wildman–Crippen LogP) is 0.731. The summed E-state index contributed by atoms with van der Waals surface area (Å²) in [5, 5.41) is 12.3. The van der Waals surface area contributed by atoms with Gasteiger partial charge in [0.25, 0.3) is 0 Å². The Labute approximate surface area is 113 Å². The zero-order chi connectivity index (χ0) is 13.7. The van der Waals surface area contributed by atoms with E-state index in [0.717, 1.165) is 45.2 Å². The van der Waals surface area contributed by atoms with Crippen molar-refractivity contribution >= 4 is 12.0 Å². The summed E-state index contributed by atoms with van der Waals surface area (Å²) >= 11 is 0. The van der Waals surface area contributed by atoms with Crippen LogP contribution in [-0.2, 0) is 4.79 Å². The van der Waals surface area contributed by atoms with Crippen LogP contribution in [0.1, 0.15) is 32.1 Å². The molecule has 108 valence electrons. The van der Waals surface area contributed by atoms with E-state index in [0.29, 0.717) is 13.1 Å². The van der Waals surface area contributed by atoms with Crippen LogP contribution in [0.5, 0.6) is 0 Å². The number of carbonyl (C=O) groups is 2. The maximum Gasteiger partial charge on any atom is 0.323 e. The number of carboxylic acids is 1. The van der Waals surface area contributed by atoms with Gasteiger partial charge in [-0.15, -0.1) is 0 Å². The van der Waals surface area contributed by atoms with Crippen LogP contribution in [0.4, 0.5) is 4.79 Å². The number of carboxylic acid groups (broad SMARTS) is 1. The van der Waals surface area contributed by atoms with Crippen molar-refractivity contribution in [1.29, 1.82) is 0 Å². The van der Waals surface area contributed by atoms with Crippen LogP contribution >= 0.6 is 0 Å².